The molecular weight excluding hydrogens is 366 g/mol. The minimum Gasteiger partial charge on any atom is -0.351 e. The Kier molecular flexibility index (Phi) is 6.01. The fourth-order valence-corrected chi connectivity index (χ4v) is 3.77. The van der Waals surface area contributed by atoms with E-state index in [2.05, 4.69) is 15.5 Å². The number of aryl methyl sites for hydroxylation is 1. The molecule has 3 aromatic rings. The van der Waals surface area contributed by atoms with E-state index in [4.69, 9.17) is 16.1 Å². The molecular formula is C16H16ClN3O2S2. The van der Waals surface area contributed by atoms with Crippen molar-refractivity contribution < 1.29 is 9.32 Å². The van der Waals surface area contributed by atoms with Crippen LogP contribution in [0.25, 0.3) is 10.7 Å². The van der Waals surface area contributed by atoms with Crippen LogP contribution in [0.5, 0.6) is 0 Å². The maximum Gasteiger partial charge on any atom is 0.261 e. The molecule has 126 valence electrons. The molecule has 0 saturated carbocycles. The maximum absolute atomic E-state index is 11.8. The third-order valence-electron chi connectivity index (χ3n) is 3.36. The number of hydrogen-bond acceptors (Lipinski definition) is 6. The number of amides is 1. The van der Waals surface area contributed by atoms with Crippen LogP contribution in [0, 0.1) is 0 Å². The molecule has 3 rings (SSSR count). The van der Waals surface area contributed by atoms with Gasteiger partial charge < -0.3 is 9.84 Å². The Bertz CT molecular complexity index is 783. The van der Waals surface area contributed by atoms with E-state index in [0.717, 1.165) is 30.6 Å². The third-order valence-corrected chi connectivity index (χ3v) is 5.46. The molecule has 8 heteroatoms. The molecule has 0 spiro atoms. The van der Waals surface area contributed by atoms with E-state index < -0.39 is 0 Å². The summed E-state index contributed by atoms with van der Waals surface area (Å²) in [7, 11) is 0. The first kappa shape index (κ1) is 17.1. The predicted molar refractivity (Wildman–Crippen MR) is 96.8 cm³/mol. The van der Waals surface area contributed by atoms with Gasteiger partial charge in [0.1, 0.15) is 0 Å². The Hall–Kier alpha value is -1.70. The number of hydrogen-bond donors (Lipinski definition) is 1. The van der Waals surface area contributed by atoms with E-state index in [9.17, 15) is 4.79 Å². The van der Waals surface area contributed by atoms with Crippen molar-refractivity contribution in [2.75, 3.05) is 6.54 Å². The van der Waals surface area contributed by atoms with Gasteiger partial charge in [0.2, 0.25) is 11.7 Å². The highest BCUT2D eigenvalue weighted by Gasteiger charge is 2.09. The van der Waals surface area contributed by atoms with Gasteiger partial charge in [-0.1, -0.05) is 29.2 Å². The van der Waals surface area contributed by atoms with Crippen molar-refractivity contribution in [1.29, 1.82) is 0 Å². The molecule has 0 aliphatic heterocycles. The molecule has 0 aliphatic rings. The van der Waals surface area contributed by atoms with Crippen LogP contribution in [0.3, 0.4) is 0 Å². The first-order valence-electron chi connectivity index (χ1n) is 7.62. The molecule has 1 N–H and O–H groups in total. The summed E-state index contributed by atoms with van der Waals surface area (Å²) in [5.41, 5.74) is 0. The van der Waals surface area contributed by atoms with E-state index in [1.807, 2.05) is 17.5 Å². The summed E-state index contributed by atoms with van der Waals surface area (Å²) in [6, 6.07) is 7.41. The summed E-state index contributed by atoms with van der Waals surface area (Å²) >= 11 is 8.70. The van der Waals surface area contributed by atoms with Gasteiger partial charge in [-0.05, 0) is 36.4 Å². The molecule has 0 bridgehead atoms. The smallest absolute Gasteiger partial charge is 0.261 e. The highest BCUT2D eigenvalue weighted by atomic mass is 35.5. The second-order valence-electron chi connectivity index (χ2n) is 5.16. The number of rotatable bonds is 8. The van der Waals surface area contributed by atoms with Gasteiger partial charge in [0.15, 0.2) is 0 Å². The Morgan fingerprint density at radius 1 is 1.25 bits per heavy atom. The zero-order valence-corrected chi connectivity index (χ0v) is 15.2. The first-order valence-corrected chi connectivity index (χ1v) is 9.70. The Morgan fingerprint density at radius 2 is 2.17 bits per heavy atom. The number of aromatic nitrogens is 2. The largest absolute Gasteiger partial charge is 0.351 e. The Labute approximate surface area is 152 Å². The minimum atomic E-state index is -0.0654. The quantitative estimate of drug-likeness (QED) is 0.576. The van der Waals surface area contributed by atoms with E-state index >= 15 is 0 Å². The molecule has 0 unspecified atom stereocenters. The average molecular weight is 382 g/mol. The fraction of sp³-hybridized carbons (Fsp3) is 0.312. The van der Waals surface area contributed by atoms with Crippen LogP contribution in [0.1, 0.15) is 34.8 Å². The summed E-state index contributed by atoms with van der Waals surface area (Å²) in [6.07, 6.45) is 3.61. The van der Waals surface area contributed by atoms with Gasteiger partial charge in [0.25, 0.3) is 5.91 Å². The molecule has 3 aromatic heterocycles. The zero-order chi connectivity index (χ0) is 16.8. The van der Waals surface area contributed by atoms with Crippen molar-refractivity contribution in [3.63, 3.8) is 0 Å². The lowest BCUT2D eigenvalue weighted by molar-refractivity contribution is 0.0957. The van der Waals surface area contributed by atoms with Gasteiger partial charge in [0.05, 0.1) is 14.1 Å². The second kappa shape index (κ2) is 8.41. The van der Waals surface area contributed by atoms with Gasteiger partial charge >= 0.3 is 0 Å². The van der Waals surface area contributed by atoms with E-state index in [-0.39, 0.29) is 5.91 Å². The third kappa shape index (κ3) is 4.66. The van der Waals surface area contributed by atoms with Crippen LogP contribution >= 0.6 is 34.3 Å². The number of nitrogens with zero attached hydrogens (tertiary/aromatic N) is 2. The van der Waals surface area contributed by atoms with Crippen LogP contribution < -0.4 is 5.32 Å². The Morgan fingerprint density at radius 3 is 2.92 bits per heavy atom. The van der Waals surface area contributed by atoms with Crippen molar-refractivity contribution in [1.82, 2.24) is 15.5 Å². The second-order valence-corrected chi connectivity index (χ2v) is 7.82. The predicted octanol–water partition coefficient (Wildman–Crippen LogP) is 4.66. The summed E-state index contributed by atoms with van der Waals surface area (Å²) in [5, 5.41) is 8.88. The van der Waals surface area contributed by atoms with E-state index in [1.54, 1.807) is 23.5 Å². The number of carbonyl (C=O) groups excluding carboxylic acids is 1. The van der Waals surface area contributed by atoms with Crippen LogP contribution in [-0.2, 0) is 6.42 Å². The summed E-state index contributed by atoms with van der Waals surface area (Å²) in [5.74, 6) is 1.25. The van der Waals surface area contributed by atoms with Gasteiger partial charge in [-0.3, -0.25) is 4.79 Å². The average Bonchev–Trinajstić information content (AvgIpc) is 3.30. The van der Waals surface area contributed by atoms with E-state index in [1.165, 1.54) is 11.3 Å². The summed E-state index contributed by atoms with van der Waals surface area (Å²) < 4.78 is 5.88. The van der Waals surface area contributed by atoms with Crippen molar-refractivity contribution in [2.24, 2.45) is 0 Å². The Balaban J connectivity index is 1.32. The normalized spacial score (nSPS) is 10.9. The van der Waals surface area contributed by atoms with Crippen molar-refractivity contribution in [2.45, 2.75) is 25.7 Å². The highest BCUT2D eigenvalue weighted by Crippen LogP contribution is 2.22. The van der Waals surface area contributed by atoms with Gasteiger partial charge in [-0.15, -0.1) is 22.7 Å². The maximum atomic E-state index is 11.8. The van der Waals surface area contributed by atoms with Gasteiger partial charge in [-0.25, -0.2) is 0 Å². The van der Waals surface area contributed by atoms with E-state index in [0.29, 0.717) is 27.5 Å². The molecule has 5 nitrogen and oxygen atoms in total. The molecule has 0 aliphatic carbocycles. The molecule has 3 heterocycles. The SMILES string of the molecule is O=C(NCCCCCc1nc(-c2cccs2)no1)c1ccc(Cl)s1. The number of carbonyl (C=O) groups is 1. The summed E-state index contributed by atoms with van der Waals surface area (Å²) in [6.45, 7) is 0.651. The number of halogens is 1. The molecule has 0 saturated heterocycles. The molecule has 24 heavy (non-hydrogen) atoms. The molecule has 0 aromatic carbocycles. The lowest BCUT2D eigenvalue weighted by atomic mass is 10.2. The van der Waals surface area contributed by atoms with Crippen LogP contribution in [0.4, 0.5) is 0 Å². The van der Waals surface area contributed by atoms with Crippen molar-refractivity contribution in [3.8, 4) is 10.7 Å². The molecule has 1 amide bonds. The van der Waals surface area contributed by atoms with Crippen LogP contribution in [-0.4, -0.2) is 22.6 Å². The zero-order valence-electron chi connectivity index (χ0n) is 12.8. The molecule has 0 fully saturated rings. The standard InChI is InChI=1S/C16H16ClN3O2S2/c17-13-8-7-12(24-13)16(21)18-9-3-1-2-6-14-19-15(20-22-14)11-5-4-10-23-11/h4-5,7-8,10H,1-3,6,9H2,(H,18,21). The van der Waals surface area contributed by atoms with Crippen molar-refractivity contribution >= 4 is 40.2 Å². The first-order chi connectivity index (χ1) is 11.7. The lowest BCUT2D eigenvalue weighted by Crippen LogP contribution is -2.23. The molecule has 0 atom stereocenters. The van der Waals surface area contributed by atoms with Crippen LogP contribution in [0.15, 0.2) is 34.2 Å². The lowest BCUT2D eigenvalue weighted by Gasteiger charge is -2.02. The number of unbranched alkanes of at least 4 members (excludes halogenated alkanes) is 2. The van der Waals surface area contributed by atoms with Crippen molar-refractivity contribution in [3.05, 3.63) is 44.7 Å². The number of nitrogens with one attached hydrogen (secondary N) is 1. The summed E-state index contributed by atoms with van der Waals surface area (Å²) in [4.78, 5) is 17.9. The monoisotopic (exact) mass is 381 g/mol. The highest BCUT2D eigenvalue weighted by molar-refractivity contribution is 7.18. The topological polar surface area (TPSA) is 68.0 Å². The van der Waals surface area contributed by atoms with Gasteiger partial charge in [0, 0.05) is 13.0 Å². The van der Waals surface area contributed by atoms with Crippen LogP contribution in [0.2, 0.25) is 4.34 Å². The minimum absolute atomic E-state index is 0.0654. The number of thiophene rings is 2. The fourth-order valence-electron chi connectivity index (χ4n) is 2.17. The van der Waals surface area contributed by atoms with Gasteiger partial charge in [-0.2, -0.15) is 4.98 Å². The molecule has 0 radical (unpaired) electrons.